The van der Waals surface area contributed by atoms with Crippen LogP contribution in [0.2, 0.25) is 0 Å². The number of hydrogen-bond donors (Lipinski definition) is 3. The Bertz CT molecular complexity index is 1910. The van der Waals surface area contributed by atoms with Crippen molar-refractivity contribution >= 4 is 39.5 Å². The molecular weight excluding hydrogens is 1290 g/mol. The molecule has 0 saturated carbocycles. The predicted molar refractivity (Wildman–Crippen MR) is 405 cm³/mol. The third-order valence-corrected chi connectivity index (χ3v) is 20.6. The van der Waals surface area contributed by atoms with Crippen LogP contribution in [0.1, 0.15) is 420 Å². The summed E-state index contributed by atoms with van der Waals surface area (Å²) in [5.41, 5.74) is 0. The fourth-order valence-electron chi connectivity index (χ4n) is 12.4. The summed E-state index contributed by atoms with van der Waals surface area (Å²) in [5, 5.41) is 10.6. The average Bonchev–Trinajstić information content (AvgIpc) is 1.02. The topological polar surface area (TPSA) is 237 Å². The normalized spacial score (nSPS) is 13.9. The SMILES string of the molecule is CCCCCCCCCCCCCCCCCCC(=O)O[C@H](COC(=O)CCCCCCC)COP(=O)(O)OC[C@H](O)COP(=O)(O)OC[C@@H](COC(=O)CCCCCCCCCCCCCCCCC(C)C)OC(=O)CCCCCCCCCCCCCCCCCCCCC(C)C. The van der Waals surface area contributed by atoms with Crippen LogP contribution in [-0.4, -0.2) is 96.7 Å². The van der Waals surface area contributed by atoms with E-state index in [-0.39, 0.29) is 25.7 Å². The molecule has 0 rings (SSSR count). The summed E-state index contributed by atoms with van der Waals surface area (Å²) in [6.45, 7) is 9.60. The van der Waals surface area contributed by atoms with Crippen LogP contribution in [0.15, 0.2) is 0 Å². The number of aliphatic hydroxyl groups is 1. The lowest BCUT2D eigenvalue weighted by molar-refractivity contribution is -0.161. The molecule has 0 spiro atoms. The van der Waals surface area contributed by atoms with Gasteiger partial charge in [0.2, 0.25) is 0 Å². The zero-order valence-corrected chi connectivity index (χ0v) is 66.6. The van der Waals surface area contributed by atoms with Gasteiger partial charge in [0.25, 0.3) is 0 Å². The van der Waals surface area contributed by atoms with Crippen molar-refractivity contribution in [3.8, 4) is 0 Å². The second-order valence-electron chi connectivity index (χ2n) is 29.8. The lowest BCUT2D eigenvalue weighted by atomic mass is 10.0. The van der Waals surface area contributed by atoms with Crippen molar-refractivity contribution in [3.63, 3.8) is 0 Å². The van der Waals surface area contributed by atoms with Crippen molar-refractivity contribution in [2.24, 2.45) is 11.8 Å². The van der Waals surface area contributed by atoms with E-state index < -0.39 is 97.5 Å². The number of unbranched alkanes of at least 4 members (excludes halogenated alkanes) is 49. The molecule has 0 radical (unpaired) electrons. The molecule has 0 fully saturated rings. The minimum atomic E-state index is -4.96. The fourth-order valence-corrected chi connectivity index (χ4v) is 13.9. The Kier molecular flexibility index (Phi) is 70.3. The number of phosphoric acid groups is 2. The van der Waals surface area contributed by atoms with Crippen LogP contribution in [0.4, 0.5) is 0 Å². The van der Waals surface area contributed by atoms with Crippen LogP contribution in [0.25, 0.3) is 0 Å². The first-order chi connectivity index (χ1) is 47.9. The molecule has 17 nitrogen and oxygen atoms in total. The number of carbonyl (C=O) groups excluding carboxylic acids is 4. The third-order valence-electron chi connectivity index (χ3n) is 18.7. The molecule has 0 aromatic heterocycles. The predicted octanol–water partition coefficient (Wildman–Crippen LogP) is 23.9. The number of hydrogen-bond acceptors (Lipinski definition) is 15. The quantitative estimate of drug-likeness (QED) is 0.0222. The van der Waals surface area contributed by atoms with Gasteiger partial charge in [-0.2, -0.15) is 0 Å². The van der Waals surface area contributed by atoms with E-state index in [1.807, 2.05) is 0 Å². The summed E-state index contributed by atoms with van der Waals surface area (Å²) in [5.74, 6) is -0.501. The molecule has 0 heterocycles. The van der Waals surface area contributed by atoms with Crippen molar-refractivity contribution in [2.75, 3.05) is 39.6 Å². The standard InChI is InChI=1S/C80H156O17P2/c1-7-9-11-13-14-15-16-17-18-24-31-36-41-46-52-58-64-79(84)96-75(68-90-77(82)62-56-48-12-10-8-2)70-94-98(86,87)92-66-74(81)67-93-99(88,89)95-71-76(69-91-78(83)63-57-51-45-40-35-30-27-26-29-34-39-44-50-55-61-73(5)6)97-80(85)65-59-53-47-42-37-32-25-22-20-19-21-23-28-33-38-43-49-54-60-72(3)4/h72-76,81H,7-71H2,1-6H3,(H,86,87)(H,88,89)/t74-,75+,76+/m0/s1. The Labute approximate surface area is 607 Å². The Morgan fingerprint density at radius 1 is 0.273 bits per heavy atom. The third kappa shape index (κ3) is 74.1. The Hall–Kier alpha value is -1.94. The van der Waals surface area contributed by atoms with Crippen molar-refractivity contribution in [1.82, 2.24) is 0 Å². The van der Waals surface area contributed by atoms with Gasteiger partial charge in [0.15, 0.2) is 12.2 Å². The van der Waals surface area contributed by atoms with Gasteiger partial charge in [-0.05, 0) is 37.5 Å². The van der Waals surface area contributed by atoms with Crippen molar-refractivity contribution in [3.05, 3.63) is 0 Å². The largest absolute Gasteiger partial charge is 0.472 e. The van der Waals surface area contributed by atoms with Crippen molar-refractivity contribution in [1.29, 1.82) is 0 Å². The van der Waals surface area contributed by atoms with E-state index >= 15 is 0 Å². The molecular formula is C80H156O17P2. The second-order valence-corrected chi connectivity index (χ2v) is 32.7. The van der Waals surface area contributed by atoms with Crippen LogP contribution in [0.3, 0.4) is 0 Å². The zero-order valence-electron chi connectivity index (χ0n) is 64.8. The summed E-state index contributed by atoms with van der Waals surface area (Å²) in [6, 6.07) is 0. The van der Waals surface area contributed by atoms with E-state index in [1.165, 1.54) is 231 Å². The van der Waals surface area contributed by atoms with Gasteiger partial charge in [-0.25, -0.2) is 9.13 Å². The molecule has 0 saturated heterocycles. The first kappa shape index (κ1) is 97.1. The van der Waals surface area contributed by atoms with E-state index in [2.05, 4.69) is 41.5 Å². The Balaban J connectivity index is 5.12. The molecule has 0 aliphatic rings. The lowest BCUT2D eigenvalue weighted by Gasteiger charge is -2.21. The molecule has 0 aliphatic carbocycles. The van der Waals surface area contributed by atoms with Crippen molar-refractivity contribution in [2.45, 2.75) is 439 Å². The highest BCUT2D eigenvalue weighted by Crippen LogP contribution is 2.45. The number of phosphoric ester groups is 2. The summed E-state index contributed by atoms with van der Waals surface area (Å²) in [4.78, 5) is 72.7. The smallest absolute Gasteiger partial charge is 0.462 e. The van der Waals surface area contributed by atoms with Gasteiger partial charge in [-0.1, -0.05) is 369 Å². The number of aliphatic hydroxyl groups excluding tert-OH is 1. The van der Waals surface area contributed by atoms with E-state index in [1.54, 1.807) is 0 Å². The lowest BCUT2D eigenvalue weighted by Crippen LogP contribution is -2.30. The number of rotatable bonds is 79. The highest BCUT2D eigenvalue weighted by molar-refractivity contribution is 7.47. The van der Waals surface area contributed by atoms with Gasteiger partial charge in [0, 0.05) is 25.7 Å². The summed E-state index contributed by atoms with van der Waals surface area (Å²) < 4.78 is 68.4. The van der Waals surface area contributed by atoms with Crippen LogP contribution < -0.4 is 0 Å². The molecule has 0 aromatic rings. The maximum Gasteiger partial charge on any atom is 0.472 e. The Morgan fingerprint density at radius 2 is 0.465 bits per heavy atom. The molecule has 0 amide bonds. The van der Waals surface area contributed by atoms with Gasteiger partial charge >= 0.3 is 39.5 Å². The van der Waals surface area contributed by atoms with E-state index in [4.69, 9.17) is 37.0 Å². The Morgan fingerprint density at radius 3 is 0.687 bits per heavy atom. The molecule has 2 unspecified atom stereocenters. The summed E-state index contributed by atoms with van der Waals surface area (Å²) >= 11 is 0. The van der Waals surface area contributed by atoms with Gasteiger partial charge in [-0.15, -0.1) is 0 Å². The van der Waals surface area contributed by atoms with Gasteiger partial charge < -0.3 is 33.8 Å². The monoisotopic (exact) mass is 1450 g/mol. The molecule has 0 aliphatic heterocycles. The number of carbonyl (C=O) groups is 4. The average molecular weight is 1450 g/mol. The molecule has 0 aromatic carbocycles. The minimum Gasteiger partial charge on any atom is -0.462 e. The van der Waals surface area contributed by atoms with Crippen LogP contribution in [-0.2, 0) is 65.4 Å². The second kappa shape index (κ2) is 71.7. The molecule has 99 heavy (non-hydrogen) atoms. The van der Waals surface area contributed by atoms with E-state index in [0.29, 0.717) is 25.7 Å². The van der Waals surface area contributed by atoms with Crippen LogP contribution >= 0.6 is 15.6 Å². The maximum atomic E-state index is 13.1. The van der Waals surface area contributed by atoms with E-state index in [9.17, 15) is 43.2 Å². The minimum absolute atomic E-state index is 0.107. The van der Waals surface area contributed by atoms with Gasteiger partial charge in [0.1, 0.15) is 19.3 Å². The van der Waals surface area contributed by atoms with Gasteiger partial charge in [0.05, 0.1) is 26.4 Å². The molecule has 5 atom stereocenters. The number of ether oxygens (including phenoxy) is 4. The van der Waals surface area contributed by atoms with Crippen LogP contribution in [0.5, 0.6) is 0 Å². The maximum absolute atomic E-state index is 13.1. The fraction of sp³-hybridized carbons (Fsp3) is 0.950. The molecule has 588 valence electrons. The van der Waals surface area contributed by atoms with Crippen LogP contribution in [0, 0.1) is 11.8 Å². The summed E-state index contributed by atoms with van der Waals surface area (Å²) in [7, 11) is -9.91. The highest BCUT2D eigenvalue weighted by atomic mass is 31.2. The van der Waals surface area contributed by atoms with E-state index in [0.717, 1.165) is 108 Å². The number of esters is 4. The zero-order chi connectivity index (χ0) is 72.8. The first-order valence-electron chi connectivity index (χ1n) is 41.5. The van der Waals surface area contributed by atoms with Crippen molar-refractivity contribution < 1.29 is 80.2 Å². The molecule has 3 N–H and O–H groups in total. The van der Waals surface area contributed by atoms with Gasteiger partial charge in [-0.3, -0.25) is 37.3 Å². The molecule has 0 bridgehead atoms. The summed E-state index contributed by atoms with van der Waals surface area (Å²) in [6.07, 6.45) is 61.5. The molecule has 19 heteroatoms. The first-order valence-corrected chi connectivity index (χ1v) is 44.5. The highest BCUT2D eigenvalue weighted by Gasteiger charge is 2.30.